The minimum absolute atomic E-state index is 0.420. The second-order valence-electron chi connectivity index (χ2n) is 4.69. The Labute approximate surface area is 93.8 Å². The highest BCUT2D eigenvalue weighted by atomic mass is 35.5. The molecule has 0 aromatic heterocycles. The zero-order chi connectivity index (χ0) is 10.6. The predicted octanol–water partition coefficient (Wildman–Crippen LogP) is 3.51. The van der Waals surface area contributed by atoms with E-state index < -0.39 is 0 Å². The second-order valence-corrected chi connectivity index (χ2v) is 5.31. The van der Waals surface area contributed by atoms with Crippen LogP contribution < -0.4 is 0 Å². The van der Waals surface area contributed by atoms with Gasteiger partial charge in [0.05, 0.1) is 0 Å². The third-order valence-electron chi connectivity index (χ3n) is 3.74. The molecule has 1 rings (SSSR count). The van der Waals surface area contributed by atoms with Crippen LogP contribution in [0.2, 0.25) is 0 Å². The molecule has 0 N–H and O–H groups in total. The van der Waals surface area contributed by atoms with Crippen molar-refractivity contribution in [1.29, 1.82) is 0 Å². The van der Waals surface area contributed by atoms with Crippen molar-refractivity contribution in [2.24, 2.45) is 5.92 Å². The molecule has 1 nitrogen and oxygen atoms in total. The van der Waals surface area contributed by atoms with Crippen molar-refractivity contribution >= 4 is 11.6 Å². The molecule has 1 fully saturated rings. The monoisotopic (exact) mass is 217 g/mol. The second kappa shape index (κ2) is 5.97. The number of nitrogens with zero attached hydrogens (tertiary/aromatic N) is 1. The van der Waals surface area contributed by atoms with Crippen molar-refractivity contribution in [3.63, 3.8) is 0 Å². The lowest BCUT2D eigenvalue weighted by Gasteiger charge is -2.31. The summed E-state index contributed by atoms with van der Waals surface area (Å²) in [6.45, 7) is 9.44. The summed E-state index contributed by atoms with van der Waals surface area (Å²) in [6.07, 6.45) is 4.92. The Balaban J connectivity index is 2.42. The first-order valence-corrected chi connectivity index (χ1v) is 6.47. The van der Waals surface area contributed by atoms with E-state index in [0.29, 0.717) is 5.38 Å². The highest BCUT2D eigenvalue weighted by molar-refractivity contribution is 6.20. The molecule has 2 heteroatoms. The van der Waals surface area contributed by atoms with Crippen molar-refractivity contribution in [2.75, 3.05) is 13.1 Å². The van der Waals surface area contributed by atoms with Gasteiger partial charge in [-0.15, -0.1) is 11.6 Å². The molecule has 1 saturated heterocycles. The van der Waals surface area contributed by atoms with Crippen LogP contribution in [0, 0.1) is 5.92 Å². The van der Waals surface area contributed by atoms with Gasteiger partial charge < -0.3 is 4.90 Å². The van der Waals surface area contributed by atoms with Gasteiger partial charge in [0.15, 0.2) is 0 Å². The van der Waals surface area contributed by atoms with Gasteiger partial charge in [0, 0.05) is 11.4 Å². The normalized spacial score (nSPS) is 29.6. The highest BCUT2D eigenvalue weighted by Crippen LogP contribution is 2.21. The molecule has 0 radical (unpaired) electrons. The zero-order valence-electron chi connectivity index (χ0n) is 9.80. The first kappa shape index (κ1) is 12.3. The molecule has 0 saturated carbocycles. The van der Waals surface area contributed by atoms with Crippen LogP contribution in [0.25, 0.3) is 0 Å². The summed E-state index contributed by atoms with van der Waals surface area (Å²) in [4.78, 5) is 2.62. The number of rotatable bonds is 3. The van der Waals surface area contributed by atoms with Gasteiger partial charge in [-0.2, -0.15) is 0 Å². The fourth-order valence-electron chi connectivity index (χ4n) is 2.19. The molecule has 0 aromatic rings. The third kappa shape index (κ3) is 3.43. The standard InChI is InChI=1S/C12H24ClN/c1-4-10(2)11(3)14-8-5-6-12(13)7-9-14/h10-12H,4-9H2,1-3H3. The maximum Gasteiger partial charge on any atom is 0.0348 e. The average molecular weight is 218 g/mol. The minimum atomic E-state index is 0.420. The molecule has 84 valence electrons. The largest absolute Gasteiger partial charge is 0.300 e. The summed E-state index contributed by atoms with van der Waals surface area (Å²) in [5, 5.41) is 0.420. The van der Waals surface area contributed by atoms with Crippen LogP contribution in [0.1, 0.15) is 46.5 Å². The van der Waals surface area contributed by atoms with Crippen molar-refractivity contribution in [2.45, 2.75) is 57.9 Å². The molecule has 0 spiro atoms. The summed E-state index contributed by atoms with van der Waals surface area (Å²) in [6, 6.07) is 0.724. The van der Waals surface area contributed by atoms with Crippen LogP contribution >= 0.6 is 11.6 Å². The maximum atomic E-state index is 6.18. The summed E-state index contributed by atoms with van der Waals surface area (Å²) in [7, 11) is 0. The Kier molecular flexibility index (Phi) is 5.25. The maximum absolute atomic E-state index is 6.18. The molecule has 0 bridgehead atoms. The lowest BCUT2D eigenvalue weighted by atomic mass is 9.99. The number of likely N-dealkylation sites (tertiary alicyclic amines) is 1. The summed E-state index contributed by atoms with van der Waals surface area (Å²) in [5.41, 5.74) is 0. The highest BCUT2D eigenvalue weighted by Gasteiger charge is 2.22. The zero-order valence-corrected chi connectivity index (χ0v) is 10.6. The van der Waals surface area contributed by atoms with Crippen molar-refractivity contribution in [1.82, 2.24) is 4.90 Å². The summed E-state index contributed by atoms with van der Waals surface area (Å²) in [5.74, 6) is 0.807. The molecule has 0 aromatic carbocycles. The quantitative estimate of drug-likeness (QED) is 0.654. The van der Waals surface area contributed by atoms with Gasteiger partial charge in [-0.3, -0.25) is 0 Å². The molecule has 1 aliphatic heterocycles. The van der Waals surface area contributed by atoms with Gasteiger partial charge in [0.1, 0.15) is 0 Å². The third-order valence-corrected chi connectivity index (χ3v) is 4.17. The number of hydrogen-bond donors (Lipinski definition) is 0. The van der Waals surface area contributed by atoms with Crippen molar-refractivity contribution in [3.05, 3.63) is 0 Å². The number of halogens is 1. The van der Waals surface area contributed by atoms with E-state index >= 15 is 0 Å². The molecule has 3 unspecified atom stereocenters. The molecule has 0 aliphatic carbocycles. The van der Waals surface area contributed by atoms with Gasteiger partial charge in [-0.1, -0.05) is 20.3 Å². The molecular weight excluding hydrogens is 194 g/mol. The van der Waals surface area contributed by atoms with E-state index in [1.54, 1.807) is 0 Å². The summed E-state index contributed by atoms with van der Waals surface area (Å²) < 4.78 is 0. The molecule has 1 heterocycles. The Bertz CT molecular complexity index is 160. The van der Waals surface area contributed by atoms with Gasteiger partial charge in [0.2, 0.25) is 0 Å². The van der Waals surface area contributed by atoms with Crippen LogP contribution in [-0.4, -0.2) is 29.4 Å². The van der Waals surface area contributed by atoms with E-state index in [1.807, 2.05) is 0 Å². The first-order valence-electron chi connectivity index (χ1n) is 6.03. The van der Waals surface area contributed by atoms with E-state index in [1.165, 1.54) is 38.8 Å². The Morgan fingerprint density at radius 3 is 2.64 bits per heavy atom. The molecule has 3 atom stereocenters. The molecule has 14 heavy (non-hydrogen) atoms. The minimum Gasteiger partial charge on any atom is -0.300 e. The number of hydrogen-bond acceptors (Lipinski definition) is 1. The lowest BCUT2D eigenvalue weighted by molar-refractivity contribution is 0.164. The Hall–Kier alpha value is 0.250. The van der Waals surface area contributed by atoms with Crippen LogP contribution in [0.3, 0.4) is 0 Å². The van der Waals surface area contributed by atoms with Crippen LogP contribution in [0.15, 0.2) is 0 Å². The van der Waals surface area contributed by atoms with Gasteiger partial charge in [-0.25, -0.2) is 0 Å². The smallest absolute Gasteiger partial charge is 0.0348 e. The summed E-state index contributed by atoms with van der Waals surface area (Å²) >= 11 is 6.18. The number of alkyl halides is 1. The van der Waals surface area contributed by atoms with Gasteiger partial charge >= 0.3 is 0 Å². The Morgan fingerprint density at radius 1 is 1.29 bits per heavy atom. The Morgan fingerprint density at radius 2 is 2.00 bits per heavy atom. The SMILES string of the molecule is CCC(C)C(C)N1CCCC(Cl)CC1. The lowest BCUT2D eigenvalue weighted by Crippen LogP contribution is -2.38. The van der Waals surface area contributed by atoms with Crippen LogP contribution in [0.5, 0.6) is 0 Å². The van der Waals surface area contributed by atoms with Crippen molar-refractivity contribution < 1.29 is 0 Å². The van der Waals surface area contributed by atoms with E-state index in [4.69, 9.17) is 11.6 Å². The van der Waals surface area contributed by atoms with E-state index in [0.717, 1.165) is 12.0 Å². The topological polar surface area (TPSA) is 3.24 Å². The first-order chi connectivity index (χ1) is 6.65. The molecule has 0 amide bonds. The fourth-order valence-corrected chi connectivity index (χ4v) is 2.44. The fraction of sp³-hybridized carbons (Fsp3) is 1.00. The van der Waals surface area contributed by atoms with Gasteiger partial charge in [-0.05, 0) is 45.2 Å². The van der Waals surface area contributed by atoms with Gasteiger partial charge in [0.25, 0.3) is 0 Å². The van der Waals surface area contributed by atoms with E-state index in [2.05, 4.69) is 25.7 Å². The average Bonchev–Trinajstić information content (AvgIpc) is 2.40. The van der Waals surface area contributed by atoms with E-state index in [9.17, 15) is 0 Å². The van der Waals surface area contributed by atoms with Crippen LogP contribution in [0.4, 0.5) is 0 Å². The van der Waals surface area contributed by atoms with Crippen LogP contribution in [-0.2, 0) is 0 Å². The molecular formula is C12H24ClN. The van der Waals surface area contributed by atoms with Crippen molar-refractivity contribution in [3.8, 4) is 0 Å². The molecule has 1 aliphatic rings. The van der Waals surface area contributed by atoms with E-state index in [-0.39, 0.29) is 0 Å². The predicted molar refractivity (Wildman–Crippen MR) is 64.0 cm³/mol.